The van der Waals surface area contributed by atoms with Crippen LogP contribution in [0.1, 0.15) is 0 Å². The van der Waals surface area contributed by atoms with Crippen molar-refractivity contribution in [1.82, 2.24) is 0 Å². The monoisotopic (exact) mass is 668 g/mol. The number of thiophene rings is 1. The Morgan fingerprint density at radius 2 is 0.745 bits per heavy atom. The minimum Gasteiger partial charge on any atom is -0.310 e. The van der Waals surface area contributed by atoms with Crippen molar-refractivity contribution in [2.45, 2.75) is 0 Å². The Kier molecular flexibility index (Phi) is 7.04. The van der Waals surface area contributed by atoms with Gasteiger partial charge in [0, 0.05) is 38.2 Å². The van der Waals surface area contributed by atoms with Crippen LogP contribution in [-0.2, 0) is 0 Å². The van der Waals surface area contributed by atoms with Gasteiger partial charge in [0.2, 0.25) is 0 Å². The Labute approximate surface area is 300 Å². The smallest absolute Gasteiger partial charge is 0.0641 e. The number of para-hydroxylation sites is 2. The molecule has 240 valence electrons. The van der Waals surface area contributed by atoms with Crippen molar-refractivity contribution in [3.8, 4) is 0 Å². The van der Waals surface area contributed by atoms with Gasteiger partial charge in [-0.25, -0.2) is 0 Å². The van der Waals surface area contributed by atoms with Crippen LogP contribution in [0, 0.1) is 0 Å². The van der Waals surface area contributed by atoms with Gasteiger partial charge in [-0.3, -0.25) is 0 Å². The summed E-state index contributed by atoms with van der Waals surface area (Å²) in [5.74, 6) is 0. The summed E-state index contributed by atoms with van der Waals surface area (Å²) >= 11 is 1.88. The van der Waals surface area contributed by atoms with E-state index in [0.717, 1.165) is 34.1 Å². The van der Waals surface area contributed by atoms with Gasteiger partial charge in [0.1, 0.15) is 0 Å². The highest BCUT2D eigenvalue weighted by Crippen LogP contribution is 2.51. The molecule has 0 aliphatic rings. The quantitative estimate of drug-likeness (QED) is 0.174. The molecule has 0 spiro atoms. The molecule has 3 heteroatoms. The predicted octanol–water partition coefficient (Wildman–Crippen LogP) is 14.5. The summed E-state index contributed by atoms with van der Waals surface area (Å²) in [6.07, 6.45) is 0. The molecular weight excluding hydrogens is 637 g/mol. The summed E-state index contributed by atoms with van der Waals surface area (Å²) in [5, 5.41) is 9.91. The SMILES string of the molecule is c1ccc(N(c2ccc3ccccc3c2)c2ccc(N(c3ccccc3)c3ccc4ccccc4c3)c3c2sc2cc4ccccc4cc23)cc1. The lowest BCUT2D eigenvalue weighted by Gasteiger charge is -2.30. The molecule has 0 aliphatic carbocycles. The van der Waals surface area contributed by atoms with Crippen LogP contribution in [0.15, 0.2) is 194 Å². The van der Waals surface area contributed by atoms with Crippen LogP contribution in [0.5, 0.6) is 0 Å². The molecule has 0 aliphatic heterocycles. The van der Waals surface area contributed by atoms with E-state index in [9.17, 15) is 0 Å². The van der Waals surface area contributed by atoms with Gasteiger partial charge >= 0.3 is 0 Å². The third-order valence-corrected chi connectivity index (χ3v) is 11.1. The third kappa shape index (κ3) is 5.10. The molecule has 9 aromatic carbocycles. The van der Waals surface area contributed by atoms with Gasteiger partial charge in [-0.15, -0.1) is 11.3 Å². The van der Waals surface area contributed by atoms with Crippen LogP contribution < -0.4 is 9.80 Å². The third-order valence-electron chi connectivity index (χ3n) is 9.94. The first kappa shape index (κ1) is 29.5. The van der Waals surface area contributed by atoms with Crippen molar-refractivity contribution in [3.05, 3.63) is 194 Å². The van der Waals surface area contributed by atoms with Gasteiger partial charge in [-0.1, -0.05) is 121 Å². The largest absolute Gasteiger partial charge is 0.310 e. The van der Waals surface area contributed by atoms with Crippen molar-refractivity contribution in [2.24, 2.45) is 0 Å². The molecule has 51 heavy (non-hydrogen) atoms. The first-order valence-electron chi connectivity index (χ1n) is 17.3. The van der Waals surface area contributed by atoms with Gasteiger partial charge in [0.05, 0.1) is 16.1 Å². The van der Waals surface area contributed by atoms with E-state index in [0.29, 0.717) is 0 Å². The Hall–Kier alpha value is -6.42. The first-order chi connectivity index (χ1) is 25.3. The molecule has 2 nitrogen and oxygen atoms in total. The number of hydrogen-bond donors (Lipinski definition) is 0. The van der Waals surface area contributed by atoms with Crippen molar-refractivity contribution >= 4 is 98.0 Å². The minimum atomic E-state index is 1.12. The highest BCUT2D eigenvalue weighted by molar-refractivity contribution is 7.26. The number of fused-ring (bicyclic) bond motifs is 6. The Bertz CT molecular complexity index is 2880. The first-order valence-corrected chi connectivity index (χ1v) is 18.2. The average molecular weight is 669 g/mol. The number of rotatable bonds is 6. The second kappa shape index (κ2) is 12.2. The van der Waals surface area contributed by atoms with Crippen LogP contribution in [-0.4, -0.2) is 0 Å². The number of hydrogen-bond acceptors (Lipinski definition) is 3. The lowest BCUT2D eigenvalue weighted by Crippen LogP contribution is -2.13. The van der Waals surface area contributed by atoms with Crippen molar-refractivity contribution in [3.63, 3.8) is 0 Å². The topological polar surface area (TPSA) is 6.48 Å². The molecule has 10 rings (SSSR count). The summed E-state index contributed by atoms with van der Waals surface area (Å²) in [5.41, 5.74) is 6.82. The summed E-state index contributed by atoms with van der Waals surface area (Å²) in [6, 6.07) is 70.5. The summed E-state index contributed by atoms with van der Waals surface area (Å²) in [6.45, 7) is 0. The molecule has 0 amide bonds. The molecule has 1 aromatic heterocycles. The van der Waals surface area contributed by atoms with E-state index in [1.54, 1.807) is 0 Å². The lowest BCUT2D eigenvalue weighted by atomic mass is 10.0. The second-order valence-electron chi connectivity index (χ2n) is 13.0. The van der Waals surface area contributed by atoms with E-state index < -0.39 is 0 Å². The normalized spacial score (nSPS) is 11.5. The maximum absolute atomic E-state index is 2.43. The maximum Gasteiger partial charge on any atom is 0.0641 e. The molecule has 0 saturated carbocycles. The van der Waals surface area contributed by atoms with Crippen molar-refractivity contribution < 1.29 is 0 Å². The molecule has 1 heterocycles. The standard InChI is InChI=1S/C48H32N2S/c1-3-19-39(20-4-1)49(41-25-23-33-13-7-9-15-35(33)29-41)44-27-28-45(48-47(44)43-31-37-17-11-12-18-38(37)32-46(43)51-48)50(40-21-5-2-6-22-40)42-26-24-34-14-8-10-16-36(34)30-42/h1-32H. The maximum atomic E-state index is 2.43. The van der Waals surface area contributed by atoms with Crippen LogP contribution in [0.25, 0.3) is 52.5 Å². The molecule has 0 N–H and O–H groups in total. The fourth-order valence-corrected chi connectivity index (χ4v) is 8.79. The highest BCUT2D eigenvalue weighted by Gasteiger charge is 2.24. The molecule has 0 unspecified atom stereocenters. The van der Waals surface area contributed by atoms with E-state index in [2.05, 4.69) is 204 Å². The van der Waals surface area contributed by atoms with E-state index in [-0.39, 0.29) is 0 Å². The molecule has 0 fully saturated rings. The van der Waals surface area contributed by atoms with E-state index >= 15 is 0 Å². The Balaban J connectivity index is 1.30. The van der Waals surface area contributed by atoms with Crippen LogP contribution in [0.2, 0.25) is 0 Å². The summed E-state index contributed by atoms with van der Waals surface area (Å²) in [7, 11) is 0. The van der Waals surface area contributed by atoms with Crippen LogP contribution in [0.4, 0.5) is 34.1 Å². The van der Waals surface area contributed by atoms with E-state index in [1.165, 1.54) is 52.5 Å². The number of nitrogens with zero attached hydrogens (tertiary/aromatic N) is 2. The van der Waals surface area contributed by atoms with Gasteiger partial charge < -0.3 is 9.80 Å². The Morgan fingerprint density at radius 1 is 0.314 bits per heavy atom. The van der Waals surface area contributed by atoms with Gasteiger partial charge in [0.25, 0.3) is 0 Å². The van der Waals surface area contributed by atoms with Crippen molar-refractivity contribution in [2.75, 3.05) is 9.80 Å². The molecule has 10 aromatic rings. The van der Waals surface area contributed by atoms with Crippen LogP contribution in [0.3, 0.4) is 0 Å². The predicted molar refractivity (Wildman–Crippen MR) is 221 cm³/mol. The summed E-state index contributed by atoms with van der Waals surface area (Å²) in [4.78, 5) is 4.86. The number of anilines is 6. The zero-order chi connectivity index (χ0) is 33.7. The molecule has 0 radical (unpaired) electrons. The fourth-order valence-electron chi connectivity index (χ4n) is 7.54. The molecule has 0 bridgehead atoms. The Morgan fingerprint density at radius 3 is 1.29 bits per heavy atom. The highest BCUT2D eigenvalue weighted by atomic mass is 32.1. The molecule has 0 saturated heterocycles. The van der Waals surface area contributed by atoms with Crippen molar-refractivity contribution in [1.29, 1.82) is 0 Å². The van der Waals surface area contributed by atoms with Gasteiger partial charge in [-0.2, -0.15) is 0 Å². The second-order valence-corrected chi connectivity index (χ2v) is 14.1. The molecular formula is C48H32N2S. The van der Waals surface area contributed by atoms with E-state index in [4.69, 9.17) is 0 Å². The lowest BCUT2D eigenvalue weighted by molar-refractivity contribution is 1.29. The average Bonchev–Trinajstić information content (AvgIpc) is 3.57. The zero-order valence-electron chi connectivity index (χ0n) is 27.8. The molecule has 0 atom stereocenters. The zero-order valence-corrected chi connectivity index (χ0v) is 28.6. The van der Waals surface area contributed by atoms with Crippen LogP contribution >= 0.6 is 11.3 Å². The van der Waals surface area contributed by atoms with E-state index in [1.807, 2.05) is 11.3 Å². The minimum absolute atomic E-state index is 1.12. The summed E-state index contributed by atoms with van der Waals surface area (Å²) < 4.78 is 2.52. The number of benzene rings is 9. The fraction of sp³-hybridized carbons (Fsp3) is 0. The van der Waals surface area contributed by atoms with Gasteiger partial charge in [-0.05, 0) is 105 Å². The van der Waals surface area contributed by atoms with Gasteiger partial charge in [0.15, 0.2) is 0 Å².